The van der Waals surface area contributed by atoms with E-state index in [1.54, 1.807) is 0 Å². The smallest absolute Gasteiger partial charge is 0.258 e. The zero-order valence-electron chi connectivity index (χ0n) is 11.9. The number of hydrazine groups is 1. The Labute approximate surface area is 132 Å². The van der Waals surface area contributed by atoms with Gasteiger partial charge >= 0.3 is 0 Å². The first kappa shape index (κ1) is 14.6. The van der Waals surface area contributed by atoms with Gasteiger partial charge in [-0.05, 0) is 24.0 Å². The van der Waals surface area contributed by atoms with Gasteiger partial charge in [-0.1, -0.05) is 29.8 Å². The minimum atomic E-state index is -0.0994. The number of hydrogen-bond donors (Lipinski definition) is 2. The van der Waals surface area contributed by atoms with Crippen LogP contribution in [0, 0.1) is 5.92 Å². The Kier molecular flexibility index (Phi) is 4.11. The predicted molar refractivity (Wildman–Crippen MR) is 82.6 cm³/mol. The largest absolute Gasteiger partial charge is 0.478 e. The quantitative estimate of drug-likeness (QED) is 0.828. The summed E-state index contributed by atoms with van der Waals surface area (Å²) in [7, 11) is 1.49. The lowest BCUT2D eigenvalue weighted by molar-refractivity contribution is -0.121. The molecule has 1 aliphatic rings. The molecular weight excluding hydrogens is 304 g/mol. The molecule has 22 heavy (non-hydrogen) atoms. The van der Waals surface area contributed by atoms with Gasteiger partial charge in [-0.25, -0.2) is 9.97 Å². The number of benzene rings is 1. The molecule has 1 fully saturated rings. The van der Waals surface area contributed by atoms with Crippen LogP contribution in [0.25, 0.3) is 0 Å². The number of rotatable bonds is 5. The highest BCUT2D eigenvalue weighted by Crippen LogP contribution is 2.49. The molecule has 3 rings (SSSR count). The highest BCUT2D eigenvalue weighted by atomic mass is 35.5. The van der Waals surface area contributed by atoms with Crippen molar-refractivity contribution in [3.05, 3.63) is 47.2 Å². The fourth-order valence-electron chi connectivity index (χ4n) is 2.38. The van der Waals surface area contributed by atoms with Crippen LogP contribution in [0.15, 0.2) is 36.7 Å². The summed E-state index contributed by atoms with van der Waals surface area (Å²) in [5.41, 5.74) is 6.40. The lowest BCUT2D eigenvalue weighted by Gasteiger charge is -2.10. The summed E-state index contributed by atoms with van der Waals surface area (Å²) in [6, 6.07) is 7.61. The number of ether oxygens (including phenoxy) is 1. The fourth-order valence-corrected chi connectivity index (χ4v) is 2.65. The van der Waals surface area contributed by atoms with Crippen molar-refractivity contribution in [1.29, 1.82) is 0 Å². The number of anilines is 1. The Balaban J connectivity index is 1.59. The monoisotopic (exact) mass is 318 g/mol. The summed E-state index contributed by atoms with van der Waals surface area (Å²) in [4.78, 5) is 20.2. The molecule has 0 aliphatic heterocycles. The van der Waals surface area contributed by atoms with Crippen molar-refractivity contribution in [2.75, 3.05) is 12.5 Å². The van der Waals surface area contributed by atoms with Crippen LogP contribution in [0.5, 0.6) is 5.88 Å². The van der Waals surface area contributed by atoms with E-state index >= 15 is 0 Å². The zero-order chi connectivity index (χ0) is 15.5. The molecule has 1 saturated carbocycles. The van der Waals surface area contributed by atoms with Gasteiger partial charge in [0.25, 0.3) is 5.88 Å². The van der Waals surface area contributed by atoms with Crippen LogP contribution in [0.2, 0.25) is 5.02 Å². The number of carbonyl (C=O) groups excluding carboxylic acids is 1. The molecule has 1 aliphatic carbocycles. The Morgan fingerprint density at radius 3 is 2.86 bits per heavy atom. The average Bonchev–Trinajstić information content (AvgIpc) is 3.34. The molecule has 2 unspecified atom stereocenters. The van der Waals surface area contributed by atoms with Crippen molar-refractivity contribution >= 4 is 23.3 Å². The second kappa shape index (κ2) is 6.19. The first-order valence-corrected chi connectivity index (χ1v) is 7.23. The number of hydrogen-bond acceptors (Lipinski definition) is 5. The minimum absolute atomic E-state index is 0.0879. The zero-order valence-corrected chi connectivity index (χ0v) is 12.7. The number of aromatic nitrogens is 2. The molecule has 0 radical (unpaired) electrons. The highest BCUT2D eigenvalue weighted by molar-refractivity contribution is 6.31. The Hall–Kier alpha value is -2.34. The fraction of sp³-hybridized carbons (Fsp3) is 0.267. The normalized spacial score (nSPS) is 19.4. The number of nitrogens with one attached hydrogen (secondary N) is 2. The lowest BCUT2D eigenvalue weighted by Crippen LogP contribution is -2.31. The summed E-state index contributed by atoms with van der Waals surface area (Å²) < 4.78 is 5.06. The standard InChI is InChI=1S/C15H15ClN4O2/c1-22-15-13(17-6-7-18-15)19-20-14(21)11-8-10(11)9-4-2-3-5-12(9)16/h2-7,10-11H,8H2,1H3,(H,17,19)(H,20,21). The van der Waals surface area contributed by atoms with Gasteiger partial charge in [0, 0.05) is 23.3 Å². The molecule has 2 atom stereocenters. The molecule has 1 heterocycles. The van der Waals surface area contributed by atoms with Crippen LogP contribution in [0.1, 0.15) is 17.9 Å². The van der Waals surface area contributed by atoms with Crippen LogP contribution in [0.3, 0.4) is 0 Å². The molecule has 2 N–H and O–H groups in total. The second-order valence-corrected chi connectivity index (χ2v) is 5.41. The maximum absolute atomic E-state index is 12.2. The van der Waals surface area contributed by atoms with E-state index in [9.17, 15) is 4.79 Å². The first-order valence-electron chi connectivity index (χ1n) is 6.86. The third-order valence-corrected chi connectivity index (χ3v) is 3.94. The molecule has 1 aromatic heterocycles. The first-order chi connectivity index (χ1) is 10.7. The average molecular weight is 319 g/mol. The van der Waals surface area contributed by atoms with E-state index in [4.69, 9.17) is 16.3 Å². The van der Waals surface area contributed by atoms with Crippen LogP contribution in [-0.2, 0) is 4.79 Å². The Morgan fingerprint density at radius 2 is 2.09 bits per heavy atom. The van der Waals surface area contributed by atoms with Crippen molar-refractivity contribution < 1.29 is 9.53 Å². The van der Waals surface area contributed by atoms with E-state index in [2.05, 4.69) is 20.8 Å². The highest BCUT2D eigenvalue weighted by Gasteiger charge is 2.44. The summed E-state index contributed by atoms with van der Waals surface area (Å²) in [5, 5.41) is 0.700. The van der Waals surface area contributed by atoms with Gasteiger partial charge in [0.05, 0.1) is 7.11 Å². The second-order valence-electron chi connectivity index (χ2n) is 5.00. The van der Waals surface area contributed by atoms with E-state index < -0.39 is 0 Å². The van der Waals surface area contributed by atoms with E-state index in [0.29, 0.717) is 16.7 Å². The number of methoxy groups -OCH3 is 1. The lowest BCUT2D eigenvalue weighted by atomic mass is 10.1. The Bertz CT molecular complexity index is 695. The summed E-state index contributed by atoms with van der Waals surface area (Å²) in [6.07, 6.45) is 3.82. The van der Waals surface area contributed by atoms with Crippen LogP contribution >= 0.6 is 11.6 Å². The van der Waals surface area contributed by atoms with Crippen molar-refractivity contribution in [3.8, 4) is 5.88 Å². The van der Waals surface area contributed by atoms with E-state index in [0.717, 1.165) is 12.0 Å². The summed E-state index contributed by atoms with van der Waals surface area (Å²) >= 11 is 6.16. The van der Waals surface area contributed by atoms with Crippen molar-refractivity contribution in [3.63, 3.8) is 0 Å². The molecule has 6 nitrogen and oxygen atoms in total. The van der Waals surface area contributed by atoms with Crippen molar-refractivity contribution in [1.82, 2.24) is 15.4 Å². The maximum atomic E-state index is 12.2. The molecular formula is C15H15ClN4O2. The molecule has 2 aromatic rings. The summed E-state index contributed by atoms with van der Waals surface area (Å²) in [6.45, 7) is 0. The number of halogens is 1. The summed E-state index contributed by atoms with van der Waals surface area (Å²) in [5.74, 6) is 0.668. The van der Waals surface area contributed by atoms with E-state index in [-0.39, 0.29) is 17.7 Å². The number of nitrogens with zero attached hydrogens (tertiary/aromatic N) is 2. The molecule has 0 spiro atoms. The van der Waals surface area contributed by atoms with Crippen LogP contribution < -0.4 is 15.6 Å². The van der Waals surface area contributed by atoms with Crippen LogP contribution in [-0.4, -0.2) is 23.0 Å². The topological polar surface area (TPSA) is 76.1 Å². The van der Waals surface area contributed by atoms with Crippen LogP contribution in [0.4, 0.5) is 5.82 Å². The predicted octanol–water partition coefficient (Wildman–Crippen LogP) is 2.39. The molecule has 1 amide bonds. The molecule has 0 bridgehead atoms. The van der Waals surface area contributed by atoms with Gasteiger partial charge in [-0.15, -0.1) is 0 Å². The molecule has 1 aromatic carbocycles. The third-order valence-electron chi connectivity index (χ3n) is 3.59. The van der Waals surface area contributed by atoms with Gasteiger partial charge in [0.1, 0.15) is 0 Å². The van der Waals surface area contributed by atoms with E-state index in [1.807, 2.05) is 24.3 Å². The molecule has 0 saturated heterocycles. The molecule has 114 valence electrons. The van der Waals surface area contributed by atoms with Gasteiger partial charge in [0.2, 0.25) is 11.7 Å². The third kappa shape index (κ3) is 2.96. The Morgan fingerprint density at radius 1 is 1.32 bits per heavy atom. The van der Waals surface area contributed by atoms with Crippen molar-refractivity contribution in [2.45, 2.75) is 12.3 Å². The number of amides is 1. The minimum Gasteiger partial charge on any atom is -0.478 e. The molecule has 7 heteroatoms. The van der Waals surface area contributed by atoms with Gasteiger partial charge in [0.15, 0.2) is 0 Å². The van der Waals surface area contributed by atoms with Crippen molar-refractivity contribution in [2.24, 2.45) is 5.92 Å². The number of carbonyl (C=O) groups is 1. The maximum Gasteiger partial charge on any atom is 0.258 e. The SMILES string of the molecule is COc1nccnc1NNC(=O)C1CC1c1ccccc1Cl. The van der Waals surface area contributed by atoms with E-state index in [1.165, 1.54) is 19.5 Å². The van der Waals surface area contributed by atoms with Gasteiger partial charge < -0.3 is 4.74 Å². The van der Waals surface area contributed by atoms with Gasteiger partial charge in [-0.3, -0.25) is 15.6 Å². The van der Waals surface area contributed by atoms with Gasteiger partial charge in [-0.2, -0.15) is 0 Å².